The molecule has 0 saturated heterocycles. The van der Waals surface area contributed by atoms with Crippen molar-refractivity contribution in [2.75, 3.05) is 16.4 Å². The van der Waals surface area contributed by atoms with E-state index >= 15 is 0 Å². The molecule has 0 spiro atoms. The average molecular weight is 364 g/mol. The first kappa shape index (κ1) is 17.9. The van der Waals surface area contributed by atoms with Gasteiger partial charge in [0.1, 0.15) is 5.82 Å². The van der Waals surface area contributed by atoms with Gasteiger partial charge in [-0.15, -0.1) is 0 Å². The SMILES string of the molecule is Cc1cc(N)nc(SCC(=O)N(Cc2ccccc2)c2ccccc2)n1. The molecule has 2 N–H and O–H groups in total. The van der Waals surface area contributed by atoms with Gasteiger partial charge < -0.3 is 10.6 Å². The molecule has 3 aromatic rings. The predicted octanol–water partition coefficient (Wildman–Crippen LogP) is 3.69. The lowest BCUT2D eigenvalue weighted by Gasteiger charge is -2.23. The number of para-hydroxylation sites is 1. The third kappa shape index (κ3) is 4.83. The Bertz CT molecular complexity index is 851. The van der Waals surface area contributed by atoms with Crippen molar-refractivity contribution in [3.05, 3.63) is 78.0 Å². The third-order valence-corrected chi connectivity index (χ3v) is 4.56. The van der Waals surface area contributed by atoms with Crippen LogP contribution in [0, 0.1) is 6.92 Å². The van der Waals surface area contributed by atoms with Gasteiger partial charge in [-0.1, -0.05) is 60.3 Å². The summed E-state index contributed by atoms with van der Waals surface area (Å²) in [7, 11) is 0. The van der Waals surface area contributed by atoms with Crippen molar-refractivity contribution in [1.82, 2.24) is 9.97 Å². The average Bonchev–Trinajstić information content (AvgIpc) is 2.65. The van der Waals surface area contributed by atoms with Crippen molar-refractivity contribution in [2.45, 2.75) is 18.6 Å². The number of hydrogen-bond acceptors (Lipinski definition) is 5. The number of nitrogens with two attached hydrogens (primary N) is 1. The number of carbonyl (C=O) groups excluding carboxylic acids is 1. The van der Waals surface area contributed by atoms with Crippen LogP contribution in [0.3, 0.4) is 0 Å². The maximum atomic E-state index is 12.9. The van der Waals surface area contributed by atoms with Crippen LogP contribution in [0.25, 0.3) is 0 Å². The molecule has 0 fully saturated rings. The molecule has 2 aromatic carbocycles. The molecule has 6 heteroatoms. The Hall–Kier alpha value is -2.86. The second kappa shape index (κ2) is 8.49. The number of anilines is 2. The first-order chi connectivity index (χ1) is 12.6. The number of carbonyl (C=O) groups is 1. The molecular weight excluding hydrogens is 344 g/mol. The van der Waals surface area contributed by atoms with E-state index in [4.69, 9.17) is 5.73 Å². The summed E-state index contributed by atoms with van der Waals surface area (Å²) in [5, 5.41) is 0.517. The standard InChI is InChI=1S/C20H20N4OS/c1-15-12-18(21)23-20(22-15)26-14-19(25)24(17-10-6-3-7-11-17)13-16-8-4-2-5-9-16/h2-12H,13-14H2,1H3,(H2,21,22,23). The van der Waals surface area contributed by atoms with E-state index in [1.165, 1.54) is 11.8 Å². The van der Waals surface area contributed by atoms with E-state index < -0.39 is 0 Å². The number of benzene rings is 2. The summed E-state index contributed by atoms with van der Waals surface area (Å²) in [6.45, 7) is 2.37. The van der Waals surface area contributed by atoms with Crippen molar-refractivity contribution in [3.63, 3.8) is 0 Å². The summed E-state index contributed by atoms with van der Waals surface area (Å²) in [6.07, 6.45) is 0. The fourth-order valence-electron chi connectivity index (χ4n) is 2.53. The molecule has 132 valence electrons. The second-order valence-corrected chi connectivity index (χ2v) is 6.75. The van der Waals surface area contributed by atoms with E-state index in [0.717, 1.165) is 16.9 Å². The highest BCUT2D eigenvalue weighted by Gasteiger charge is 2.17. The first-order valence-electron chi connectivity index (χ1n) is 8.25. The van der Waals surface area contributed by atoms with Crippen LogP contribution in [0.1, 0.15) is 11.3 Å². The molecule has 1 heterocycles. The van der Waals surface area contributed by atoms with Crippen LogP contribution in [-0.4, -0.2) is 21.6 Å². The quantitative estimate of drug-likeness (QED) is 0.533. The van der Waals surface area contributed by atoms with Crippen molar-refractivity contribution in [1.29, 1.82) is 0 Å². The Morgan fingerprint density at radius 3 is 2.35 bits per heavy atom. The molecule has 0 unspecified atom stereocenters. The van der Waals surface area contributed by atoms with Crippen molar-refractivity contribution >= 4 is 29.2 Å². The van der Waals surface area contributed by atoms with Gasteiger partial charge in [-0.25, -0.2) is 9.97 Å². The molecule has 1 amide bonds. The van der Waals surface area contributed by atoms with Crippen LogP contribution < -0.4 is 10.6 Å². The maximum Gasteiger partial charge on any atom is 0.237 e. The molecule has 5 nitrogen and oxygen atoms in total. The molecule has 0 aliphatic carbocycles. The highest BCUT2D eigenvalue weighted by atomic mass is 32.2. The number of thioether (sulfide) groups is 1. The Morgan fingerprint density at radius 2 is 1.69 bits per heavy atom. The molecule has 26 heavy (non-hydrogen) atoms. The lowest BCUT2D eigenvalue weighted by atomic mass is 10.2. The molecule has 0 saturated carbocycles. The lowest BCUT2D eigenvalue weighted by Crippen LogP contribution is -2.32. The van der Waals surface area contributed by atoms with Crippen LogP contribution in [0.5, 0.6) is 0 Å². The number of rotatable bonds is 6. The Kier molecular flexibility index (Phi) is 5.86. The number of aromatic nitrogens is 2. The molecule has 0 aliphatic heterocycles. The van der Waals surface area contributed by atoms with E-state index in [0.29, 0.717) is 17.5 Å². The normalized spacial score (nSPS) is 10.5. The number of amides is 1. The van der Waals surface area contributed by atoms with E-state index in [-0.39, 0.29) is 11.7 Å². The maximum absolute atomic E-state index is 12.9. The van der Waals surface area contributed by atoms with Crippen molar-refractivity contribution in [2.24, 2.45) is 0 Å². The number of nitrogen functional groups attached to an aromatic ring is 1. The molecule has 0 atom stereocenters. The first-order valence-corrected chi connectivity index (χ1v) is 9.23. The van der Waals surface area contributed by atoms with Gasteiger partial charge >= 0.3 is 0 Å². The van der Waals surface area contributed by atoms with Crippen LogP contribution in [0.4, 0.5) is 11.5 Å². The minimum Gasteiger partial charge on any atom is -0.384 e. The molecule has 0 bridgehead atoms. The number of hydrogen-bond donors (Lipinski definition) is 1. The summed E-state index contributed by atoms with van der Waals surface area (Å²) in [5.41, 5.74) is 8.49. The number of aryl methyl sites for hydroxylation is 1. The smallest absolute Gasteiger partial charge is 0.237 e. The Balaban J connectivity index is 1.76. The summed E-state index contributed by atoms with van der Waals surface area (Å²) < 4.78 is 0. The van der Waals surface area contributed by atoms with Crippen molar-refractivity contribution < 1.29 is 4.79 Å². The van der Waals surface area contributed by atoms with Crippen LogP contribution in [-0.2, 0) is 11.3 Å². The van der Waals surface area contributed by atoms with E-state index in [2.05, 4.69) is 9.97 Å². The molecule has 1 aromatic heterocycles. The summed E-state index contributed by atoms with van der Waals surface area (Å²) in [6, 6.07) is 21.3. The Morgan fingerprint density at radius 1 is 1.04 bits per heavy atom. The third-order valence-electron chi connectivity index (χ3n) is 3.73. The van der Waals surface area contributed by atoms with Gasteiger partial charge in [0.25, 0.3) is 0 Å². The van der Waals surface area contributed by atoms with Gasteiger partial charge in [-0.2, -0.15) is 0 Å². The Labute approximate surface area is 157 Å². The van der Waals surface area contributed by atoms with Crippen molar-refractivity contribution in [3.8, 4) is 0 Å². The minimum atomic E-state index is -0.00580. The van der Waals surface area contributed by atoms with Gasteiger partial charge in [0.05, 0.1) is 12.3 Å². The van der Waals surface area contributed by atoms with Gasteiger partial charge in [-0.3, -0.25) is 4.79 Å². The van der Waals surface area contributed by atoms with Crippen LogP contribution in [0.15, 0.2) is 71.9 Å². The molecule has 0 aliphatic rings. The van der Waals surface area contributed by atoms with Gasteiger partial charge in [0.2, 0.25) is 5.91 Å². The monoisotopic (exact) mass is 364 g/mol. The van der Waals surface area contributed by atoms with E-state index in [9.17, 15) is 4.79 Å². The number of nitrogens with zero attached hydrogens (tertiary/aromatic N) is 3. The summed E-state index contributed by atoms with van der Waals surface area (Å²) >= 11 is 1.30. The summed E-state index contributed by atoms with van der Waals surface area (Å²) in [5.74, 6) is 0.648. The lowest BCUT2D eigenvalue weighted by molar-refractivity contribution is -0.116. The zero-order chi connectivity index (χ0) is 18.4. The van der Waals surface area contributed by atoms with Gasteiger partial charge in [0.15, 0.2) is 5.16 Å². The van der Waals surface area contributed by atoms with E-state index in [1.807, 2.05) is 67.6 Å². The van der Waals surface area contributed by atoms with Gasteiger partial charge in [0, 0.05) is 17.4 Å². The fourth-order valence-corrected chi connectivity index (χ4v) is 3.32. The van der Waals surface area contributed by atoms with E-state index in [1.54, 1.807) is 11.0 Å². The van der Waals surface area contributed by atoms with Crippen LogP contribution >= 0.6 is 11.8 Å². The highest BCUT2D eigenvalue weighted by molar-refractivity contribution is 7.99. The predicted molar refractivity (Wildman–Crippen MR) is 106 cm³/mol. The van der Waals surface area contributed by atoms with Crippen LogP contribution in [0.2, 0.25) is 0 Å². The van der Waals surface area contributed by atoms with Gasteiger partial charge in [-0.05, 0) is 24.6 Å². The zero-order valence-electron chi connectivity index (χ0n) is 14.5. The second-order valence-electron chi connectivity index (χ2n) is 5.81. The highest BCUT2D eigenvalue weighted by Crippen LogP contribution is 2.21. The molecule has 0 radical (unpaired) electrons. The minimum absolute atomic E-state index is 0.00580. The zero-order valence-corrected chi connectivity index (χ0v) is 15.3. The largest absolute Gasteiger partial charge is 0.384 e. The fraction of sp³-hybridized carbons (Fsp3) is 0.150. The molecule has 3 rings (SSSR count). The summed E-state index contributed by atoms with van der Waals surface area (Å²) in [4.78, 5) is 23.2. The molecular formula is C20H20N4OS. The topological polar surface area (TPSA) is 72.1 Å².